The first kappa shape index (κ1) is 31.5. The number of ether oxygens (including phenoxy) is 5. The van der Waals surface area contributed by atoms with Crippen molar-refractivity contribution < 1.29 is 28.5 Å². The molecule has 2 aliphatic carbocycles. The van der Waals surface area contributed by atoms with E-state index in [1.54, 1.807) is 0 Å². The molecule has 0 aromatic carbocycles. The van der Waals surface area contributed by atoms with Gasteiger partial charge in [-0.3, -0.25) is 0 Å². The molecule has 0 aromatic heterocycles. The maximum absolute atomic E-state index is 10.7. The van der Waals surface area contributed by atoms with Gasteiger partial charge < -0.3 is 28.5 Å². The molecule has 0 spiro atoms. The molecule has 1 saturated carbocycles. The van der Waals surface area contributed by atoms with Crippen molar-refractivity contribution >= 4 is 6.29 Å². The number of hydrogen-bond acceptors (Lipinski definition) is 6. The Morgan fingerprint density at radius 1 is 1.02 bits per heavy atom. The Morgan fingerprint density at radius 3 is 2.42 bits per heavy atom. The first-order chi connectivity index (χ1) is 19.5. The SMILES string of the molecule is CC(C)=CCC[C@@H](C)CCC=C(OC1CCCCO1)[C@H]1[C@@H]2CC(CCOCC=O)=C[C@@H]2C[C@@H]1OC1CCCCO1. The van der Waals surface area contributed by atoms with E-state index in [1.165, 1.54) is 24.0 Å². The lowest BCUT2D eigenvalue weighted by Crippen LogP contribution is -2.34. The van der Waals surface area contributed by atoms with Gasteiger partial charge in [0, 0.05) is 18.9 Å². The Morgan fingerprint density at radius 2 is 1.75 bits per heavy atom. The third kappa shape index (κ3) is 9.82. The minimum atomic E-state index is -0.161. The van der Waals surface area contributed by atoms with Crippen LogP contribution in [0, 0.1) is 23.7 Å². The Hall–Kier alpha value is -1.47. The quantitative estimate of drug-likeness (QED) is 0.0838. The molecule has 0 N–H and O–H groups in total. The summed E-state index contributed by atoms with van der Waals surface area (Å²) in [7, 11) is 0. The maximum Gasteiger partial charge on any atom is 0.199 e. The molecule has 0 bridgehead atoms. The molecule has 6 heteroatoms. The van der Waals surface area contributed by atoms with Gasteiger partial charge in [-0.2, -0.15) is 0 Å². The summed E-state index contributed by atoms with van der Waals surface area (Å²) in [6.07, 6.45) is 21.8. The van der Waals surface area contributed by atoms with Crippen molar-refractivity contribution in [3.05, 3.63) is 35.1 Å². The highest BCUT2D eigenvalue weighted by Crippen LogP contribution is 2.52. The van der Waals surface area contributed by atoms with Crippen LogP contribution < -0.4 is 0 Å². The Balaban J connectivity index is 1.48. The minimum Gasteiger partial charge on any atom is -0.469 e. The Kier molecular flexibility index (Phi) is 13.2. The number of hydrogen-bond donors (Lipinski definition) is 0. The largest absolute Gasteiger partial charge is 0.469 e. The van der Waals surface area contributed by atoms with Crippen molar-refractivity contribution in [1.82, 2.24) is 0 Å². The number of carbonyl (C=O) groups excluding carboxylic acids is 1. The molecule has 7 atom stereocenters. The first-order valence-electron chi connectivity index (χ1n) is 16.1. The van der Waals surface area contributed by atoms with E-state index in [9.17, 15) is 4.79 Å². The fourth-order valence-electron chi connectivity index (χ4n) is 6.87. The minimum absolute atomic E-state index is 0.0899. The fraction of sp³-hybridized carbons (Fsp3) is 0.794. The number of rotatable bonds is 16. The molecule has 4 aliphatic rings. The number of carbonyl (C=O) groups is 1. The number of aldehydes is 1. The molecule has 6 nitrogen and oxygen atoms in total. The third-order valence-corrected chi connectivity index (χ3v) is 9.03. The lowest BCUT2D eigenvalue weighted by molar-refractivity contribution is -0.200. The standard InChI is InChI=1S/C34H54O6/c1-25(2)10-8-11-26(3)12-9-13-30(39-32-14-4-6-18-37-32)34-29-23-27(16-20-36-21-17-35)22-28(29)24-31(34)40-33-15-5-7-19-38-33/h10,13,17,22,26,28-29,31-34H,4-9,11-12,14-16,18-21,23-24H2,1-3H3/t26-,28-,29-,31+,32?,33?,34-/m1/s1. The van der Waals surface area contributed by atoms with E-state index in [-0.39, 0.29) is 31.2 Å². The van der Waals surface area contributed by atoms with E-state index in [0.29, 0.717) is 24.4 Å². The molecule has 4 rings (SSSR count). The molecule has 40 heavy (non-hydrogen) atoms. The van der Waals surface area contributed by atoms with Gasteiger partial charge in [0.05, 0.1) is 19.3 Å². The smallest absolute Gasteiger partial charge is 0.199 e. The van der Waals surface area contributed by atoms with Gasteiger partial charge in [-0.1, -0.05) is 30.2 Å². The number of fused-ring (bicyclic) bond motifs is 1. The highest BCUT2D eigenvalue weighted by atomic mass is 16.7. The Bertz CT molecular complexity index is 846. The molecule has 0 aromatic rings. The maximum atomic E-state index is 10.7. The third-order valence-electron chi connectivity index (χ3n) is 9.03. The van der Waals surface area contributed by atoms with Crippen LogP contribution in [-0.2, 0) is 28.5 Å². The summed E-state index contributed by atoms with van der Waals surface area (Å²) in [5.74, 6) is 2.89. The molecule has 2 heterocycles. The van der Waals surface area contributed by atoms with Crippen LogP contribution in [0.1, 0.15) is 104 Å². The zero-order valence-corrected chi connectivity index (χ0v) is 25.3. The average molecular weight is 559 g/mol. The molecule has 0 amide bonds. The van der Waals surface area contributed by atoms with E-state index >= 15 is 0 Å². The van der Waals surface area contributed by atoms with Gasteiger partial charge >= 0.3 is 0 Å². The van der Waals surface area contributed by atoms with Gasteiger partial charge in [-0.15, -0.1) is 0 Å². The molecule has 3 fully saturated rings. The summed E-state index contributed by atoms with van der Waals surface area (Å²) >= 11 is 0. The zero-order valence-electron chi connectivity index (χ0n) is 25.3. The molecule has 2 unspecified atom stereocenters. The Labute approximate surface area is 242 Å². The molecular weight excluding hydrogens is 504 g/mol. The van der Waals surface area contributed by atoms with Gasteiger partial charge in [0.1, 0.15) is 18.7 Å². The topological polar surface area (TPSA) is 63.2 Å². The lowest BCUT2D eigenvalue weighted by Gasteiger charge is -2.34. The van der Waals surface area contributed by atoms with E-state index in [0.717, 1.165) is 95.9 Å². The second-order valence-corrected chi connectivity index (χ2v) is 12.6. The van der Waals surface area contributed by atoms with Gasteiger partial charge in [-0.25, -0.2) is 0 Å². The van der Waals surface area contributed by atoms with Gasteiger partial charge in [0.25, 0.3) is 0 Å². The van der Waals surface area contributed by atoms with E-state index in [1.807, 2.05) is 0 Å². The molecular formula is C34H54O6. The highest BCUT2D eigenvalue weighted by Gasteiger charge is 2.49. The summed E-state index contributed by atoms with van der Waals surface area (Å²) in [5.41, 5.74) is 2.85. The summed E-state index contributed by atoms with van der Waals surface area (Å²) in [6, 6.07) is 0. The predicted octanol–water partition coefficient (Wildman–Crippen LogP) is 7.68. The van der Waals surface area contributed by atoms with Crippen LogP contribution in [-0.4, -0.2) is 51.4 Å². The van der Waals surface area contributed by atoms with Crippen molar-refractivity contribution in [1.29, 1.82) is 0 Å². The van der Waals surface area contributed by atoms with Crippen molar-refractivity contribution in [2.75, 3.05) is 26.4 Å². The second-order valence-electron chi connectivity index (χ2n) is 12.6. The second kappa shape index (κ2) is 16.8. The molecule has 2 aliphatic heterocycles. The predicted molar refractivity (Wildman–Crippen MR) is 158 cm³/mol. The van der Waals surface area contributed by atoms with Crippen molar-refractivity contribution in [3.8, 4) is 0 Å². The normalized spacial score (nSPS) is 31.4. The fourth-order valence-corrected chi connectivity index (χ4v) is 6.87. The van der Waals surface area contributed by atoms with Gasteiger partial charge in [-0.05, 0) is 115 Å². The van der Waals surface area contributed by atoms with Crippen LogP contribution >= 0.6 is 0 Å². The van der Waals surface area contributed by atoms with E-state index < -0.39 is 0 Å². The van der Waals surface area contributed by atoms with Crippen LogP contribution in [0.4, 0.5) is 0 Å². The zero-order chi connectivity index (χ0) is 28.2. The van der Waals surface area contributed by atoms with Gasteiger partial charge in [0.2, 0.25) is 0 Å². The molecule has 0 radical (unpaired) electrons. The summed E-state index contributed by atoms with van der Waals surface area (Å²) in [5, 5.41) is 0. The van der Waals surface area contributed by atoms with E-state index in [2.05, 4.69) is 39.0 Å². The summed E-state index contributed by atoms with van der Waals surface area (Å²) in [6.45, 7) is 9.07. The van der Waals surface area contributed by atoms with Crippen LogP contribution in [0.3, 0.4) is 0 Å². The van der Waals surface area contributed by atoms with Crippen LogP contribution in [0.5, 0.6) is 0 Å². The highest BCUT2D eigenvalue weighted by molar-refractivity contribution is 5.50. The van der Waals surface area contributed by atoms with Crippen molar-refractivity contribution in [2.24, 2.45) is 23.7 Å². The number of allylic oxidation sites excluding steroid dienone is 4. The van der Waals surface area contributed by atoms with Crippen LogP contribution in [0.25, 0.3) is 0 Å². The van der Waals surface area contributed by atoms with Crippen molar-refractivity contribution in [3.63, 3.8) is 0 Å². The monoisotopic (exact) mass is 558 g/mol. The van der Waals surface area contributed by atoms with Gasteiger partial charge in [0.15, 0.2) is 12.6 Å². The summed E-state index contributed by atoms with van der Waals surface area (Å²) in [4.78, 5) is 10.7. The molecule has 226 valence electrons. The summed E-state index contributed by atoms with van der Waals surface area (Å²) < 4.78 is 31.1. The van der Waals surface area contributed by atoms with E-state index in [4.69, 9.17) is 23.7 Å². The van der Waals surface area contributed by atoms with Crippen LogP contribution in [0.15, 0.2) is 35.1 Å². The lowest BCUT2D eigenvalue weighted by atomic mass is 9.87. The van der Waals surface area contributed by atoms with Crippen LogP contribution in [0.2, 0.25) is 0 Å². The first-order valence-corrected chi connectivity index (χ1v) is 16.1. The van der Waals surface area contributed by atoms with Crippen molar-refractivity contribution in [2.45, 2.75) is 123 Å². The average Bonchev–Trinajstić information content (AvgIpc) is 3.48. The molecule has 2 saturated heterocycles.